The molecule has 0 spiro atoms. The summed E-state index contributed by atoms with van der Waals surface area (Å²) in [5.41, 5.74) is 5.69. The molecule has 0 aromatic heterocycles. The standard InChI is InChI=1S/C11H24N2O2S/c1-3-10(8-12)7-11-5-4-6-13(9-11)16(2,14)15/h10-11H,3-9,12H2,1-2H3. The van der Waals surface area contributed by atoms with E-state index in [9.17, 15) is 8.42 Å². The molecule has 16 heavy (non-hydrogen) atoms. The van der Waals surface area contributed by atoms with Gasteiger partial charge in [-0.3, -0.25) is 0 Å². The molecule has 96 valence electrons. The highest BCUT2D eigenvalue weighted by atomic mass is 32.2. The van der Waals surface area contributed by atoms with Crippen LogP contribution in [-0.2, 0) is 10.0 Å². The lowest BCUT2D eigenvalue weighted by atomic mass is 9.88. The Morgan fingerprint density at radius 3 is 2.69 bits per heavy atom. The summed E-state index contributed by atoms with van der Waals surface area (Å²) in [5.74, 6) is 1.04. The van der Waals surface area contributed by atoms with E-state index in [4.69, 9.17) is 5.73 Å². The molecule has 0 bridgehead atoms. The average molecular weight is 248 g/mol. The second kappa shape index (κ2) is 5.98. The van der Waals surface area contributed by atoms with Crippen molar-refractivity contribution in [1.29, 1.82) is 0 Å². The first-order valence-corrected chi connectivity index (χ1v) is 7.97. The minimum Gasteiger partial charge on any atom is -0.330 e. The molecule has 0 aromatic carbocycles. The SMILES string of the molecule is CCC(CN)CC1CCCN(S(C)(=O)=O)C1. The molecule has 5 heteroatoms. The second-order valence-electron chi connectivity index (χ2n) is 4.87. The van der Waals surface area contributed by atoms with Gasteiger partial charge in [0.2, 0.25) is 10.0 Å². The summed E-state index contributed by atoms with van der Waals surface area (Å²) >= 11 is 0. The van der Waals surface area contributed by atoms with Gasteiger partial charge in [-0.25, -0.2) is 12.7 Å². The zero-order chi connectivity index (χ0) is 12.2. The number of piperidine rings is 1. The van der Waals surface area contributed by atoms with Gasteiger partial charge in [-0.1, -0.05) is 13.3 Å². The minimum absolute atomic E-state index is 0.497. The maximum absolute atomic E-state index is 11.5. The van der Waals surface area contributed by atoms with Crippen molar-refractivity contribution >= 4 is 10.0 Å². The van der Waals surface area contributed by atoms with Gasteiger partial charge in [-0.2, -0.15) is 0 Å². The monoisotopic (exact) mass is 248 g/mol. The number of hydrogen-bond donors (Lipinski definition) is 1. The van der Waals surface area contributed by atoms with Gasteiger partial charge in [0.1, 0.15) is 0 Å². The molecule has 1 rings (SSSR count). The third-order valence-corrected chi connectivity index (χ3v) is 4.80. The van der Waals surface area contributed by atoms with Gasteiger partial charge < -0.3 is 5.73 Å². The fraction of sp³-hybridized carbons (Fsp3) is 1.00. The first-order valence-electron chi connectivity index (χ1n) is 6.12. The predicted molar refractivity (Wildman–Crippen MR) is 66.6 cm³/mol. The summed E-state index contributed by atoms with van der Waals surface area (Å²) in [4.78, 5) is 0. The van der Waals surface area contributed by atoms with Crippen LogP contribution in [0.3, 0.4) is 0 Å². The van der Waals surface area contributed by atoms with Crippen LogP contribution in [0.4, 0.5) is 0 Å². The van der Waals surface area contributed by atoms with E-state index >= 15 is 0 Å². The number of sulfonamides is 1. The topological polar surface area (TPSA) is 63.4 Å². The van der Waals surface area contributed by atoms with Crippen molar-refractivity contribution in [1.82, 2.24) is 4.31 Å². The van der Waals surface area contributed by atoms with Gasteiger partial charge in [-0.15, -0.1) is 0 Å². The fourth-order valence-electron chi connectivity index (χ4n) is 2.42. The third-order valence-electron chi connectivity index (χ3n) is 3.53. The maximum Gasteiger partial charge on any atom is 0.211 e. The lowest BCUT2D eigenvalue weighted by Gasteiger charge is -2.32. The van der Waals surface area contributed by atoms with Crippen molar-refractivity contribution in [3.63, 3.8) is 0 Å². The molecule has 1 heterocycles. The molecule has 0 radical (unpaired) electrons. The Labute approximate surface area is 99.2 Å². The van der Waals surface area contributed by atoms with E-state index in [0.717, 1.165) is 25.7 Å². The van der Waals surface area contributed by atoms with Crippen LogP contribution in [0.5, 0.6) is 0 Å². The Morgan fingerprint density at radius 2 is 2.19 bits per heavy atom. The summed E-state index contributed by atoms with van der Waals surface area (Å²) in [5, 5.41) is 0. The highest BCUT2D eigenvalue weighted by molar-refractivity contribution is 7.88. The molecule has 1 aliphatic rings. The van der Waals surface area contributed by atoms with E-state index in [0.29, 0.717) is 31.5 Å². The summed E-state index contributed by atoms with van der Waals surface area (Å²) in [7, 11) is -3.01. The van der Waals surface area contributed by atoms with E-state index in [1.807, 2.05) is 0 Å². The Kier molecular flexibility index (Phi) is 5.21. The van der Waals surface area contributed by atoms with Crippen LogP contribution in [0.2, 0.25) is 0 Å². The van der Waals surface area contributed by atoms with E-state index in [1.54, 1.807) is 4.31 Å². The molecule has 0 aliphatic carbocycles. The molecule has 1 fully saturated rings. The number of nitrogens with two attached hydrogens (primary N) is 1. The lowest BCUT2D eigenvalue weighted by Crippen LogP contribution is -2.40. The molecule has 2 atom stereocenters. The second-order valence-corrected chi connectivity index (χ2v) is 6.86. The highest BCUT2D eigenvalue weighted by Gasteiger charge is 2.26. The quantitative estimate of drug-likeness (QED) is 0.790. The molecular formula is C11H24N2O2S. The molecule has 1 saturated heterocycles. The molecule has 0 aromatic rings. The summed E-state index contributed by atoms with van der Waals surface area (Å²) < 4.78 is 24.5. The molecule has 2 unspecified atom stereocenters. The number of rotatable bonds is 5. The Morgan fingerprint density at radius 1 is 1.50 bits per heavy atom. The van der Waals surface area contributed by atoms with Crippen molar-refractivity contribution in [3.05, 3.63) is 0 Å². The predicted octanol–water partition coefficient (Wildman–Crippen LogP) is 1.03. The normalized spacial score (nSPS) is 25.6. The highest BCUT2D eigenvalue weighted by Crippen LogP contribution is 2.25. The molecule has 1 aliphatic heterocycles. The molecule has 2 N–H and O–H groups in total. The van der Waals surface area contributed by atoms with Crippen LogP contribution in [-0.4, -0.2) is 38.6 Å². The van der Waals surface area contributed by atoms with Gasteiger partial charge >= 0.3 is 0 Å². The molecule has 0 saturated carbocycles. The zero-order valence-corrected chi connectivity index (χ0v) is 11.2. The van der Waals surface area contributed by atoms with Crippen molar-refractivity contribution in [3.8, 4) is 0 Å². The molecule has 0 amide bonds. The number of hydrogen-bond acceptors (Lipinski definition) is 3. The van der Waals surface area contributed by atoms with Crippen LogP contribution in [0.25, 0.3) is 0 Å². The van der Waals surface area contributed by atoms with Crippen LogP contribution < -0.4 is 5.73 Å². The van der Waals surface area contributed by atoms with Crippen molar-refractivity contribution in [2.75, 3.05) is 25.9 Å². The van der Waals surface area contributed by atoms with Gasteiger partial charge in [0.15, 0.2) is 0 Å². The van der Waals surface area contributed by atoms with Crippen molar-refractivity contribution < 1.29 is 8.42 Å². The first-order chi connectivity index (χ1) is 7.47. The maximum atomic E-state index is 11.5. The Balaban J connectivity index is 2.51. The van der Waals surface area contributed by atoms with Gasteiger partial charge in [0.05, 0.1) is 6.26 Å². The van der Waals surface area contributed by atoms with E-state index in [1.165, 1.54) is 6.26 Å². The van der Waals surface area contributed by atoms with Gasteiger partial charge in [-0.05, 0) is 37.6 Å². The van der Waals surface area contributed by atoms with Crippen LogP contribution >= 0.6 is 0 Å². The third kappa shape index (κ3) is 4.03. The molecule has 4 nitrogen and oxygen atoms in total. The summed E-state index contributed by atoms with van der Waals surface area (Å²) in [6.45, 7) is 4.24. The van der Waals surface area contributed by atoms with Crippen LogP contribution in [0.15, 0.2) is 0 Å². The van der Waals surface area contributed by atoms with E-state index < -0.39 is 10.0 Å². The van der Waals surface area contributed by atoms with Crippen molar-refractivity contribution in [2.45, 2.75) is 32.6 Å². The van der Waals surface area contributed by atoms with Gasteiger partial charge in [0.25, 0.3) is 0 Å². The minimum atomic E-state index is -3.01. The van der Waals surface area contributed by atoms with Gasteiger partial charge in [0, 0.05) is 13.1 Å². The average Bonchev–Trinajstić information content (AvgIpc) is 2.25. The Bertz CT molecular complexity index is 299. The molecular weight excluding hydrogens is 224 g/mol. The lowest BCUT2D eigenvalue weighted by molar-refractivity contribution is 0.230. The largest absolute Gasteiger partial charge is 0.330 e. The van der Waals surface area contributed by atoms with Crippen LogP contribution in [0.1, 0.15) is 32.6 Å². The zero-order valence-electron chi connectivity index (χ0n) is 10.4. The fourth-order valence-corrected chi connectivity index (χ4v) is 3.36. The van der Waals surface area contributed by atoms with Crippen LogP contribution in [0, 0.1) is 11.8 Å². The first kappa shape index (κ1) is 13.9. The Hall–Kier alpha value is -0.130. The summed E-state index contributed by atoms with van der Waals surface area (Å²) in [6.07, 6.45) is 5.59. The smallest absolute Gasteiger partial charge is 0.211 e. The summed E-state index contributed by atoms with van der Waals surface area (Å²) in [6, 6.07) is 0. The van der Waals surface area contributed by atoms with E-state index in [-0.39, 0.29) is 0 Å². The number of nitrogens with zero attached hydrogens (tertiary/aromatic N) is 1. The van der Waals surface area contributed by atoms with Crippen molar-refractivity contribution in [2.24, 2.45) is 17.6 Å². The van der Waals surface area contributed by atoms with E-state index in [2.05, 4.69) is 6.92 Å².